The Morgan fingerprint density at radius 3 is 2.80 bits per heavy atom. The number of nitrogens with zero attached hydrogens (tertiary/aromatic N) is 1. The molecular weight excluding hydrogens is 218 g/mol. The van der Waals surface area contributed by atoms with Crippen molar-refractivity contribution in [1.82, 2.24) is 0 Å². The van der Waals surface area contributed by atoms with E-state index in [1.807, 2.05) is 0 Å². The highest BCUT2D eigenvalue weighted by molar-refractivity contribution is 6.30. The highest BCUT2D eigenvalue weighted by Crippen LogP contribution is 2.49. The van der Waals surface area contributed by atoms with Crippen LogP contribution in [0.25, 0.3) is 0 Å². The second-order valence-corrected chi connectivity index (χ2v) is 4.04. The minimum atomic E-state index is -0.457. The predicted molar refractivity (Wildman–Crippen MR) is 55.0 cm³/mol. The zero-order chi connectivity index (χ0) is 11.0. The number of benzene rings is 1. The number of hydrogen-bond donors (Lipinski definition) is 0. The van der Waals surface area contributed by atoms with E-state index < -0.39 is 4.92 Å². The molecule has 0 aliphatic heterocycles. The lowest BCUT2D eigenvalue weighted by Crippen LogP contribution is -1.95. The number of nitro groups is 1. The van der Waals surface area contributed by atoms with Crippen LogP contribution in [-0.4, -0.2) is 11.2 Å². The summed E-state index contributed by atoms with van der Waals surface area (Å²) >= 11 is 5.68. The van der Waals surface area contributed by atoms with Crippen LogP contribution in [0.4, 0.5) is 5.69 Å². The lowest BCUT2D eigenvalue weighted by atomic mass is 10.1. The summed E-state index contributed by atoms with van der Waals surface area (Å²) in [4.78, 5) is 20.8. The fourth-order valence-corrected chi connectivity index (χ4v) is 1.88. The number of carbonyl (C=O) groups excluding carboxylic acids is 1. The summed E-state index contributed by atoms with van der Waals surface area (Å²) in [6.07, 6.45) is 1.55. The lowest BCUT2D eigenvalue weighted by molar-refractivity contribution is -0.385. The van der Waals surface area contributed by atoms with Gasteiger partial charge in [-0.2, -0.15) is 0 Å². The van der Waals surface area contributed by atoms with E-state index >= 15 is 0 Å². The summed E-state index contributed by atoms with van der Waals surface area (Å²) in [5.41, 5.74) is 0.623. The molecule has 1 fully saturated rings. The van der Waals surface area contributed by atoms with Crippen LogP contribution in [0.3, 0.4) is 0 Å². The van der Waals surface area contributed by atoms with Crippen LogP contribution in [-0.2, 0) is 4.79 Å². The topological polar surface area (TPSA) is 60.2 Å². The Bertz CT molecular complexity index is 433. The third kappa shape index (κ3) is 1.85. The van der Waals surface area contributed by atoms with E-state index in [0.29, 0.717) is 17.0 Å². The molecule has 0 bridgehead atoms. The van der Waals surface area contributed by atoms with Crippen LogP contribution in [0.1, 0.15) is 17.9 Å². The van der Waals surface area contributed by atoms with Crippen molar-refractivity contribution in [1.29, 1.82) is 0 Å². The highest BCUT2D eigenvalue weighted by atomic mass is 35.5. The molecular formula is C10H8ClNO3. The van der Waals surface area contributed by atoms with Crippen molar-refractivity contribution in [3.8, 4) is 0 Å². The zero-order valence-electron chi connectivity index (χ0n) is 7.72. The van der Waals surface area contributed by atoms with Gasteiger partial charge in [0.2, 0.25) is 0 Å². The maximum absolute atomic E-state index is 10.8. The second kappa shape index (κ2) is 3.62. The van der Waals surface area contributed by atoms with Gasteiger partial charge in [0.25, 0.3) is 5.69 Å². The van der Waals surface area contributed by atoms with Crippen molar-refractivity contribution in [3.05, 3.63) is 38.9 Å². The van der Waals surface area contributed by atoms with Crippen LogP contribution in [0.5, 0.6) is 0 Å². The van der Waals surface area contributed by atoms with Gasteiger partial charge in [-0.3, -0.25) is 10.1 Å². The van der Waals surface area contributed by atoms with E-state index in [9.17, 15) is 14.9 Å². The molecule has 1 aliphatic carbocycles. The van der Waals surface area contributed by atoms with Gasteiger partial charge in [0.05, 0.1) is 4.92 Å². The van der Waals surface area contributed by atoms with Gasteiger partial charge in [-0.05, 0) is 12.5 Å². The first-order chi connectivity index (χ1) is 7.13. The maximum atomic E-state index is 10.8. The SMILES string of the molecule is O=CC1CC1c1ccc(Cl)cc1[N+](=O)[O-]. The molecule has 0 radical (unpaired) electrons. The molecule has 2 atom stereocenters. The number of aldehydes is 1. The fraction of sp³-hybridized carbons (Fsp3) is 0.300. The second-order valence-electron chi connectivity index (χ2n) is 3.60. The van der Waals surface area contributed by atoms with Crippen molar-refractivity contribution in [2.75, 3.05) is 0 Å². The number of nitro benzene ring substituents is 1. The first-order valence-electron chi connectivity index (χ1n) is 4.52. The van der Waals surface area contributed by atoms with Gasteiger partial charge in [-0.1, -0.05) is 17.7 Å². The molecule has 2 unspecified atom stereocenters. The number of rotatable bonds is 3. The smallest absolute Gasteiger partial charge is 0.274 e. The normalized spacial score (nSPS) is 23.5. The van der Waals surface area contributed by atoms with E-state index in [2.05, 4.69) is 0 Å². The molecule has 0 N–H and O–H groups in total. The fourth-order valence-electron chi connectivity index (χ4n) is 1.71. The summed E-state index contributed by atoms with van der Waals surface area (Å²) in [6, 6.07) is 4.58. The van der Waals surface area contributed by atoms with Gasteiger partial charge in [-0.15, -0.1) is 0 Å². The average Bonchev–Trinajstić information content (AvgIpc) is 2.96. The van der Waals surface area contributed by atoms with E-state index in [1.165, 1.54) is 6.07 Å². The minimum Gasteiger partial charge on any atom is -0.303 e. The molecule has 1 saturated carbocycles. The van der Waals surface area contributed by atoms with Crippen molar-refractivity contribution in [2.24, 2.45) is 5.92 Å². The third-order valence-corrected chi connectivity index (χ3v) is 2.84. The summed E-state index contributed by atoms with van der Waals surface area (Å²) in [5, 5.41) is 11.1. The van der Waals surface area contributed by atoms with E-state index in [4.69, 9.17) is 11.6 Å². The van der Waals surface area contributed by atoms with Crippen LogP contribution in [0.2, 0.25) is 5.02 Å². The van der Waals surface area contributed by atoms with Crippen LogP contribution in [0, 0.1) is 16.0 Å². The Hall–Kier alpha value is -1.42. The van der Waals surface area contributed by atoms with Crippen molar-refractivity contribution >= 4 is 23.6 Å². The Labute approximate surface area is 91.0 Å². The molecule has 0 heterocycles. The van der Waals surface area contributed by atoms with Crippen LogP contribution in [0.15, 0.2) is 18.2 Å². The Kier molecular flexibility index (Phi) is 2.44. The minimum absolute atomic E-state index is 0.000154. The highest BCUT2D eigenvalue weighted by Gasteiger charge is 2.41. The summed E-state index contributed by atoms with van der Waals surface area (Å²) < 4.78 is 0. The summed E-state index contributed by atoms with van der Waals surface area (Å²) in [6.45, 7) is 0. The van der Waals surface area contributed by atoms with E-state index in [-0.39, 0.29) is 17.5 Å². The molecule has 1 aliphatic rings. The van der Waals surface area contributed by atoms with Gasteiger partial charge < -0.3 is 4.79 Å². The first-order valence-corrected chi connectivity index (χ1v) is 4.90. The monoisotopic (exact) mass is 225 g/mol. The number of carbonyl (C=O) groups is 1. The number of hydrogen-bond acceptors (Lipinski definition) is 3. The molecule has 0 spiro atoms. The summed E-state index contributed by atoms with van der Waals surface area (Å²) in [5.74, 6) is -0.0648. The van der Waals surface area contributed by atoms with Gasteiger partial charge in [0.15, 0.2) is 0 Å². The molecule has 0 amide bonds. The van der Waals surface area contributed by atoms with Gasteiger partial charge in [0.1, 0.15) is 6.29 Å². The molecule has 4 nitrogen and oxygen atoms in total. The molecule has 78 valence electrons. The van der Waals surface area contributed by atoms with E-state index in [1.54, 1.807) is 12.1 Å². The largest absolute Gasteiger partial charge is 0.303 e. The quantitative estimate of drug-likeness (QED) is 0.451. The third-order valence-electron chi connectivity index (χ3n) is 2.60. The Morgan fingerprint density at radius 2 is 2.27 bits per heavy atom. The molecule has 0 saturated heterocycles. The van der Waals surface area contributed by atoms with E-state index in [0.717, 1.165) is 6.29 Å². The molecule has 1 aromatic carbocycles. The van der Waals surface area contributed by atoms with Crippen molar-refractivity contribution < 1.29 is 9.72 Å². The van der Waals surface area contributed by atoms with Crippen LogP contribution < -0.4 is 0 Å². The molecule has 2 rings (SSSR count). The summed E-state index contributed by atoms with van der Waals surface area (Å²) in [7, 11) is 0. The molecule has 5 heteroatoms. The Morgan fingerprint density at radius 1 is 1.53 bits per heavy atom. The van der Waals surface area contributed by atoms with Crippen molar-refractivity contribution in [3.63, 3.8) is 0 Å². The molecule has 1 aromatic rings. The predicted octanol–water partition coefficient (Wildman–Crippen LogP) is 2.55. The average molecular weight is 226 g/mol. The lowest BCUT2D eigenvalue weighted by Gasteiger charge is -2.01. The van der Waals surface area contributed by atoms with Gasteiger partial charge >= 0.3 is 0 Å². The van der Waals surface area contributed by atoms with Crippen LogP contribution >= 0.6 is 11.6 Å². The van der Waals surface area contributed by atoms with Gasteiger partial charge in [-0.25, -0.2) is 0 Å². The standard InChI is InChI=1S/C10H8ClNO3/c11-7-1-2-8(9-3-6(9)5-13)10(4-7)12(14)15/h1-2,4-6,9H,3H2. The first kappa shape index (κ1) is 10.1. The van der Waals surface area contributed by atoms with Gasteiger partial charge in [0, 0.05) is 28.5 Å². The van der Waals surface area contributed by atoms with Crippen molar-refractivity contribution in [2.45, 2.75) is 12.3 Å². The molecule has 15 heavy (non-hydrogen) atoms. The Balaban J connectivity index is 2.39. The maximum Gasteiger partial charge on any atom is 0.274 e. The zero-order valence-corrected chi connectivity index (χ0v) is 8.48. The molecule has 0 aromatic heterocycles. The number of halogens is 1.